The quantitative estimate of drug-likeness (QED) is 0.494. The van der Waals surface area contributed by atoms with Crippen molar-refractivity contribution in [1.82, 2.24) is 4.90 Å². The summed E-state index contributed by atoms with van der Waals surface area (Å²) in [5.41, 5.74) is 0.175. The van der Waals surface area contributed by atoms with Gasteiger partial charge in [-0.1, -0.05) is 0 Å². The topological polar surface area (TPSA) is 52.7 Å². The predicted molar refractivity (Wildman–Crippen MR) is 90.1 cm³/mol. The van der Waals surface area contributed by atoms with Gasteiger partial charge in [0.05, 0.1) is 5.69 Å². The fraction of sp³-hybridized carbons (Fsp3) is 0.222. The van der Waals surface area contributed by atoms with Gasteiger partial charge < -0.3 is 15.1 Å². The van der Waals surface area contributed by atoms with Crippen molar-refractivity contribution in [1.29, 1.82) is 0 Å². The Balaban J connectivity index is 1.59. The molecule has 2 amide bonds. The zero-order valence-corrected chi connectivity index (χ0v) is 14.0. The Labute approximate surface area is 152 Å². The van der Waals surface area contributed by atoms with Crippen LogP contribution in [0.1, 0.15) is 0 Å². The SMILES string of the molecule is O=C(Nc1ccc(F)c(F)c1F)C(=O)N1CCN(c2ccc(F)cc2)CC1. The second-order valence-corrected chi connectivity index (χ2v) is 5.93. The van der Waals surface area contributed by atoms with Gasteiger partial charge in [-0.15, -0.1) is 0 Å². The van der Waals surface area contributed by atoms with E-state index in [2.05, 4.69) is 0 Å². The summed E-state index contributed by atoms with van der Waals surface area (Å²) < 4.78 is 52.7. The normalized spacial score (nSPS) is 14.2. The van der Waals surface area contributed by atoms with Gasteiger partial charge in [0.25, 0.3) is 0 Å². The van der Waals surface area contributed by atoms with Gasteiger partial charge in [0.15, 0.2) is 17.5 Å². The van der Waals surface area contributed by atoms with Gasteiger partial charge in [-0.2, -0.15) is 0 Å². The average Bonchev–Trinajstić information content (AvgIpc) is 2.68. The number of benzene rings is 2. The zero-order valence-electron chi connectivity index (χ0n) is 14.0. The number of anilines is 2. The third-order valence-corrected chi connectivity index (χ3v) is 4.24. The van der Waals surface area contributed by atoms with Crippen molar-refractivity contribution in [3.05, 3.63) is 59.7 Å². The maximum atomic E-state index is 13.6. The molecule has 0 aliphatic carbocycles. The van der Waals surface area contributed by atoms with Gasteiger partial charge >= 0.3 is 11.8 Å². The Bertz CT molecular complexity index is 866. The van der Waals surface area contributed by atoms with E-state index in [-0.39, 0.29) is 18.9 Å². The molecule has 0 atom stereocenters. The number of rotatable bonds is 2. The van der Waals surface area contributed by atoms with Crippen molar-refractivity contribution in [2.75, 3.05) is 36.4 Å². The summed E-state index contributed by atoms with van der Waals surface area (Å²) in [6, 6.07) is 7.38. The lowest BCUT2D eigenvalue weighted by atomic mass is 10.2. The van der Waals surface area contributed by atoms with Gasteiger partial charge in [-0.3, -0.25) is 9.59 Å². The van der Waals surface area contributed by atoms with Crippen molar-refractivity contribution < 1.29 is 27.2 Å². The van der Waals surface area contributed by atoms with E-state index in [0.29, 0.717) is 19.2 Å². The van der Waals surface area contributed by atoms with E-state index in [4.69, 9.17) is 0 Å². The van der Waals surface area contributed by atoms with Gasteiger partial charge in [0, 0.05) is 31.9 Å². The van der Waals surface area contributed by atoms with Crippen LogP contribution in [0.5, 0.6) is 0 Å². The third-order valence-electron chi connectivity index (χ3n) is 4.24. The summed E-state index contributed by atoms with van der Waals surface area (Å²) in [5, 5.41) is 1.96. The standard InChI is InChI=1S/C18H15F4N3O2/c19-11-1-3-12(4-2-11)24-7-9-25(10-8-24)18(27)17(26)23-14-6-5-13(20)15(21)16(14)22/h1-6H,7-10H2,(H,23,26). The maximum Gasteiger partial charge on any atom is 0.313 e. The van der Waals surface area contributed by atoms with Crippen LogP contribution in [-0.4, -0.2) is 42.9 Å². The summed E-state index contributed by atoms with van der Waals surface area (Å²) in [6.45, 7) is 1.29. The molecule has 0 saturated carbocycles. The predicted octanol–water partition coefficient (Wildman–Crippen LogP) is 2.53. The Morgan fingerprint density at radius 3 is 2.07 bits per heavy atom. The average molecular weight is 381 g/mol. The molecule has 27 heavy (non-hydrogen) atoms. The molecule has 1 heterocycles. The van der Waals surface area contributed by atoms with Crippen LogP contribution in [0.25, 0.3) is 0 Å². The van der Waals surface area contributed by atoms with Crippen LogP contribution < -0.4 is 10.2 Å². The summed E-state index contributed by atoms with van der Waals surface area (Å²) in [5.74, 6) is -7.10. The molecule has 5 nitrogen and oxygen atoms in total. The molecule has 0 bridgehead atoms. The van der Waals surface area contributed by atoms with Crippen molar-refractivity contribution in [2.24, 2.45) is 0 Å². The Kier molecular flexibility index (Phi) is 5.29. The fourth-order valence-electron chi connectivity index (χ4n) is 2.76. The fourth-order valence-corrected chi connectivity index (χ4v) is 2.76. The minimum absolute atomic E-state index is 0.226. The van der Waals surface area contributed by atoms with Crippen LogP contribution in [0.15, 0.2) is 36.4 Å². The van der Waals surface area contributed by atoms with E-state index in [1.54, 1.807) is 12.1 Å². The van der Waals surface area contributed by atoms with Crippen molar-refractivity contribution in [3.8, 4) is 0 Å². The number of piperazine rings is 1. The van der Waals surface area contributed by atoms with Gasteiger partial charge in [0.1, 0.15) is 5.82 Å². The van der Waals surface area contributed by atoms with Crippen LogP contribution in [0.3, 0.4) is 0 Å². The smallest absolute Gasteiger partial charge is 0.313 e. The highest BCUT2D eigenvalue weighted by atomic mass is 19.2. The minimum Gasteiger partial charge on any atom is -0.368 e. The molecule has 0 unspecified atom stereocenters. The number of carbonyl (C=O) groups is 2. The first-order chi connectivity index (χ1) is 12.9. The van der Waals surface area contributed by atoms with Crippen molar-refractivity contribution >= 4 is 23.2 Å². The molecule has 2 aromatic carbocycles. The van der Waals surface area contributed by atoms with E-state index in [0.717, 1.165) is 11.8 Å². The number of amides is 2. The number of hydrogen-bond acceptors (Lipinski definition) is 3. The molecule has 1 saturated heterocycles. The van der Waals surface area contributed by atoms with E-state index < -0.39 is 35.0 Å². The highest BCUT2D eigenvalue weighted by Crippen LogP contribution is 2.20. The third kappa shape index (κ3) is 4.02. The molecule has 1 aliphatic heterocycles. The number of nitrogens with one attached hydrogen (secondary N) is 1. The first kappa shape index (κ1) is 18.7. The van der Waals surface area contributed by atoms with Crippen molar-refractivity contribution in [3.63, 3.8) is 0 Å². The van der Waals surface area contributed by atoms with Gasteiger partial charge in [-0.05, 0) is 36.4 Å². The molecule has 0 spiro atoms. The zero-order chi connectivity index (χ0) is 19.6. The summed E-state index contributed by atoms with van der Waals surface area (Å²) in [4.78, 5) is 27.4. The minimum atomic E-state index is -1.73. The summed E-state index contributed by atoms with van der Waals surface area (Å²) in [7, 11) is 0. The van der Waals surface area contributed by atoms with E-state index in [1.807, 2.05) is 10.2 Å². The van der Waals surface area contributed by atoms with Crippen LogP contribution in [0.2, 0.25) is 0 Å². The summed E-state index contributed by atoms with van der Waals surface area (Å²) in [6.07, 6.45) is 0. The van der Waals surface area contributed by atoms with Crippen LogP contribution >= 0.6 is 0 Å². The van der Waals surface area contributed by atoms with E-state index in [1.165, 1.54) is 17.0 Å². The first-order valence-corrected chi connectivity index (χ1v) is 8.11. The lowest BCUT2D eigenvalue weighted by Gasteiger charge is -2.35. The monoisotopic (exact) mass is 381 g/mol. The lowest BCUT2D eigenvalue weighted by molar-refractivity contribution is -0.143. The molecule has 1 fully saturated rings. The van der Waals surface area contributed by atoms with Crippen LogP contribution in [-0.2, 0) is 9.59 Å². The molecule has 142 valence electrons. The first-order valence-electron chi connectivity index (χ1n) is 8.11. The second-order valence-electron chi connectivity index (χ2n) is 5.93. The lowest BCUT2D eigenvalue weighted by Crippen LogP contribution is -2.51. The summed E-state index contributed by atoms with van der Waals surface area (Å²) >= 11 is 0. The molecular formula is C18H15F4N3O2. The molecule has 0 aromatic heterocycles. The Hall–Kier alpha value is -3.10. The molecule has 1 N–H and O–H groups in total. The molecule has 0 radical (unpaired) electrons. The number of nitrogens with zero attached hydrogens (tertiary/aromatic N) is 2. The highest BCUT2D eigenvalue weighted by molar-refractivity contribution is 6.39. The van der Waals surface area contributed by atoms with Crippen molar-refractivity contribution in [2.45, 2.75) is 0 Å². The Morgan fingerprint density at radius 2 is 1.44 bits per heavy atom. The molecule has 1 aliphatic rings. The van der Waals surface area contributed by atoms with E-state index >= 15 is 0 Å². The number of carbonyl (C=O) groups excluding carboxylic acids is 2. The molecule has 3 rings (SSSR count). The Morgan fingerprint density at radius 1 is 0.815 bits per heavy atom. The molecular weight excluding hydrogens is 366 g/mol. The largest absolute Gasteiger partial charge is 0.368 e. The van der Waals surface area contributed by atoms with Gasteiger partial charge in [-0.25, -0.2) is 17.6 Å². The van der Waals surface area contributed by atoms with E-state index in [9.17, 15) is 27.2 Å². The van der Waals surface area contributed by atoms with Crippen LogP contribution in [0, 0.1) is 23.3 Å². The number of hydrogen-bond donors (Lipinski definition) is 1. The molecule has 9 heteroatoms. The van der Waals surface area contributed by atoms with Crippen LogP contribution in [0.4, 0.5) is 28.9 Å². The highest BCUT2D eigenvalue weighted by Gasteiger charge is 2.27. The van der Waals surface area contributed by atoms with Gasteiger partial charge in [0.2, 0.25) is 0 Å². The number of halogens is 4. The maximum absolute atomic E-state index is 13.6. The second kappa shape index (κ2) is 7.65. The molecule has 2 aromatic rings.